The average molecular weight is 286 g/mol. The van der Waals surface area contributed by atoms with E-state index in [2.05, 4.69) is 0 Å². The molecule has 2 rings (SSSR count). The van der Waals surface area contributed by atoms with Gasteiger partial charge in [0, 0.05) is 30.6 Å². The Bertz CT molecular complexity index is 517. The molecule has 1 aliphatic rings. The van der Waals surface area contributed by atoms with Gasteiger partial charge in [0.25, 0.3) is 0 Å². The van der Waals surface area contributed by atoms with E-state index >= 15 is 0 Å². The van der Waals surface area contributed by atoms with Crippen molar-refractivity contribution in [1.29, 1.82) is 0 Å². The Balaban J connectivity index is 2.41. The number of thioether (sulfide) groups is 1. The minimum absolute atomic E-state index is 0.0413. The van der Waals surface area contributed by atoms with Crippen LogP contribution >= 0.6 is 11.8 Å². The Morgan fingerprint density at radius 1 is 1.44 bits per heavy atom. The van der Waals surface area contributed by atoms with Crippen molar-refractivity contribution in [2.75, 3.05) is 18.1 Å². The van der Waals surface area contributed by atoms with E-state index < -0.39 is 10.0 Å². The van der Waals surface area contributed by atoms with Gasteiger partial charge >= 0.3 is 0 Å². The predicted octanol–water partition coefficient (Wildman–Crippen LogP) is 1.27. The highest BCUT2D eigenvalue weighted by Gasteiger charge is 2.32. The molecule has 1 unspecified atom stereocenters. The van der Waals surface area contributed by atoms with Crippen LogP contribution in [0.15, 0.2) is 29.2 Å². The summed E-state index contributed by atoms with van der Waals surface area (Å²) < 4.78 is 26.9. The third-order valence-electron chi connectivity index (χ3n) is 3.09. The smallest absolute Gasteiger partial charge is 0.243 e. The maximum Gasteiger partial charge on any atom is 0.243 e. The SMILES string of the molecule is CC1CSCCN1S(=O)(=O)c1ccccc1CN. The van der Waals surface area contributed by atoms with Crippen LogP contribution in [0.5, 0.6) is 0 Å². The molecule has 0 amide bonds. The molecule has 0 aromatic heterocycles. The molecule has 1 atom stereocenters. The van der Waals surface area contributed by atoms with Crippen molar-refractivity contribution >= 4 is 21.8 Å². The van der Waals surface area contributed by atoms with E-state index in [1.165, 1.54) is 0 Å². The van der Waals surface area contributed by atoms with Gasteiger partial charge in [-0.2, -0.15) is 16.1 Å². The van der Waals surface area contributed by atoms with Gasteiger partial charge in [-0.1, -0.05) is 18.2 Å². The van der Waals surface area contributed by atoms with Crippen molar-refractivity contribution in [3.8, 4) is 0 Å². The quantitative estimate of drug-likeness (QED) is 0.909. The molecule has 18 heavy (non-hydrogen) atoms. The number of benzene rings is 1. The van der Waals surface area contributed by atoms with Crippen LogP contribution < -0.4 is 5.73 Å². The van der Waals surface area contributed by atoms with Gasteiger partial charge in [0.05, 0.1) is 4.90 Å². The van der Waals surface area contributed by atoms with Crippen LogP contribution in [0.2, 0.25) is 0 Å². The van der Waals surface area contributed by atoms with Crippen molar-refractivity contribution in [2.45, 2.75) is 24.4 Å². The van der Waals surface area contributed by atoms with Crippen molar-refractivity contribution in [3.63, 3.8) is 0 Å². The van der Waals surface area contributed by atoms with E-state index in [1.54, 1.807) is 34.3 Å². The third kappa shape index (κ3) is 2.56. The maximum atomic E-state index is 12.6. The van der Waals surface area contributed by atoms with Crippen LogP contribution in [-0.2, 0) is 16.6 Å². The van der Waals surface area contributed by atoms with E-state index in [-0.39, 0.29) is 12.6 Å². The topological polar surface area (TPSA) is 63.4 Å². The van der Waals surface area contributed by atoms with Gasteiger partial charge in [-0.05, 0) is 18.6 Å². The number of nitrogens with two attached hydrogens (primary N) is 1. The lowest BCUT2D eigenvalue weighted by atomic mass is 10.2. The molecular formula is C12H18N2O2S2. The van der Waals surface area contributed by atoms with Crippen LogP contribution in [-0.4, -0.2) is 36.8 Å². The summed E-state index contributed by atoms with van der Waals surface area (Å²) in [5.41, 5.74) is 6.31. The Kier molecular flexibility index (Phi) is 4.32. The molecule has 6 heteroatoms. The first-order chi connectivity index (χ1) is 8.57. The molecule has 0 spiro atoms. The van der Waals surface area contributed by atoms with Gasteiger partial charge in [0.2, 0.25) is 10.0 Å². The van der Waals surface area contributed by atoms with E-state index in [1.807, 2.05) is 13.0 Å². The zero-order chi connectivity index (χ0) is 13.2. The molecule has 4 nitrogen and oxygen atoms in total. The summed E-state index contributed by atoms with van der Waals surface area (Å²) in [6.45, 7) is 2.77. The fraction of sp³-hybridized carbons (Fsp3) is 0.500. The summed E-state index contributed by atoms with van der Waals surface area (Å²) in [4.78, 5) is 0.353. The largest absolute Gasteiger partial charge is 0.326 e. The second kappa shape index (κ2) is 5.61. The number of rotatable bonds is 3. The first kappa shape index (κ1) is 13.9. The van der Waals surface area contributed by atoms with Gasteiger partial charge in [0.1, 0.15) is 0 Å². The van der Waals surface area contributed by atoms with E-state index in [0.717, 1.165) is 11.5 Å². The first-order valence-corrected chi connectivity index (χ1v) is 8.54. The van der Waals surface area contributed by atoms with Crippen molar-refractivity contribution in [3.05, 3.63) is 29.8 Å². The lowest BCUT2D eigenvalue weighted by Crippen LogP contribution is -2.44. The molecule has 0 bridgehead atoms. The highest BCUT2D eigenvalue weighted by atomic mass is 32.2. The van der Waals surface area contributed by atoms with Crippen molar-refractivity contribution in [1.82, 2.24) is 4.31 Å². The summed E-state index contributed by atoms with van der Waals surface area (Å²) in [5, 5.41) is 0. The van der Waals surface area contributed by atoms with Crippen LogP contribution in [0.4, 0.5) is 0 Å². The van der Waals surface area contributed by atoms with Crippen LogP contribution in [0, 0.1) is 0 Å². The fourth-order valence-electron chi connectivity index (χ4n) is 2.12. The van der Waals surface area contributed by atoms with Gasteiger partial charge in [-0.3, -0.25) is 0 Å². The molecule has 1 aromatic rings. The Hall–Kier alpha value is -0.560. The molecule has 1 saturated heterocycles. The van der Waals surface area contributed by atoms with E-state index in [9.17, 15) is 8.42 Å². The van der Waals surface area contributed by atoms with Gasteiger partial charge < -0.3 is 5.73 Å². The molecule has 0 saturated carbocycles. The third-order valence-corrected chi connectivity index (χ3v) is 6.39. The number of hydrogen-bond acceptors (Lipinski definition) is 4. The van der Waals surface area contributed by atoms with Gasteiger partial charge in [0.15, 0.2) is 0 Å². The highest BCUT2D eigenvalue weighted by Crippen LogP contribution is 2.26. The summed E-state index contributed by atoms with van der Waals surface area (Å²) in [6, 6.07) is 7.02. The lowest BCUT2D eigenvalue weighted by molar-refractivity contribution is 0.367. The highest BCUT2D eigenvalue weighted by molar-refractivity contribution is 7.99. The summed E-state index contributed by atoms with van der Waals surface area (Å²) in [7, 11) is -3.41. The van der Waals surface area contributed by atoms with Crippen LogP contribution in [0.25, 0.3) is 0 Å². The second-order valence-electron chi connectivity index (χ2n) is 4.35. The van der Waals surface area contributed by atoms with Crippen LogP contribution in [0.1, 0.15) is 12.5 Å². The van der Waals surface area contributed by atoms with E-state index in [0.29, 0.717) is 17.0 Å². The number of hydrogen-bond donors (Lipinski definition) is 1. The summed E-state index contributed by atoms with van der Waals surface area (Å²) in [5.74, 6) is 1.71. The van der Waals surface area contributed by atoms with Crippen LogP contribution in [0.3, 0.4) is 0 Å². The van der Waals surface area contributed by atoms with Gasteiger partial charge in [-0.25, -0.2) is 8.42 Å². The molecule has 2 N–H and O–H groups in total. The average Bonchev–Trinajstić information content (AvgIpc) is 2.39. The minimum Gasteiger partial charge on any atom is -0.326 e. The lowest BCUT2D eigenvalue weighted by Gasteiger charge is -2.32. The minimum atomic E-state index is -3.41. The molecule has 0 radical (unpaired) electrons. The Morgan fingerprint density at radius 3 is 2.83 bits per heavy atom. The molecule has 1 heterocycles. The standard InChI is InChI=1S/C12H18N2O2S2/c1-10-9-17-7-6-14(10)18(15,16)12-5-3-2-4-11(12)8-13/h2-5,10H,6-9,13H2,1H3. The summed E-state index contributed by atoms with van der Waals surface area (Å²) >= 11 is 1.80. The normalized spacial score (nSPS) is 22.0. The predicted molar refractivity (Wildman–Crippen MR) is 75.0 cm³/mol. The monoisotopic (exact) mass is 286 g/mol. The zero-order valence-corrected chi connectivity index (χ0v) is 12.0. The molecule has 1 aliphatic heterocycles. The molecule has 1 fully saturated rings. The Morgan fingerprint density at radius 2 is 2.17 bits per heavy atom. The first-order valence-electron chi connectivity index (χ1n) is 5.95. The maximum absolute atomic E-state index is 12.6. The molecule has 1 aromatic carbocycles. The number of sulfonamides is 1. The van der Waals surface area contributed by atoms with Crippen molar-refractivity contribution in [2.24, 2.45) is 5.73 Å². The van der Waals surface area contributed by atoms with Gasteiger partial charge in [-0.15, -0.1) is 0 Å². The second-order valence-corrected chi connectivity index (χ2v) is 7.36. The fourth-order valence-corrected chi connectivity index (χ4v) is 5.21. The van der Waals surface area contributed by atoms with E-state index in [4.69, 9.17) is 5.73 Å². The Labute approximate surface area is 113 Å². The molecule has 0 aliphatic carbocycles. The van der Waals surface area contributed by atoms with Crippen molar-refractivity contribution < 1.29 is 8.42 Å². The zero-order valence-electron chi connectivity index (χ0n) is 10.4. The molecular weight excluding hydrogens is 268 g/mol. The summed E-state index contributed by atoms with van der Waals surface area (Å²) in [6.07, 6.45) is 0. The molecule has 100 valence electrons. The number of nitrogens with zero attached hydrogens (tertiary/aromatic N) is 1.